The van der Waals surface area contributed by atoms with Gasteiger partial charge >= 0.3 is 0 Å². The molecule has 1 aliphatic heterocycles. The fourth-order valence-electron chi connectivity index (χ4n) is 3.02. The quantitative estimate of drug-likeness (QED) is 0.862. The lowest BCUT2D eigenvalue weighted by atomic mass is 9.92. The van der Waals surface area contributed by atoms with Crippen molar-refractivity contribution >= 4 is 11.6 Å². The molecule has 1 aromatic carbocycles. The molecule has 1 unspecified atom stereocenters. The van der Waals surface area contributed by atoms with E-state index < -0.39 is 11.6 Å². The zero-order chi connectivity index (χ0) is 13.5. The van der Waals surface area contributed by atoms with Gasteiger partial charge in [0.25, 0.3) is 0 Å². The fraction of sp³-hybridized carbons (Fsp3) is 0.500. The van der Waals surface area contributed by atoms with E-state index in [1.807, 2.05) is 0 Å². The third-order valence-corrected chi connectivity index (χ3v) is 4.32. The smallest absolute Gasteiger partial charge is 0.228 e. The molecule has 3 nitrogen and oxygen atoms in total. The van der Waals surface area contributed by atoms with Gasteiger partial charge in [-0.2, -0.15) is 0 Å². The molecule has 0 radical (unpaired) electrons. The zero-order valence-electron chi connectivity index (χ0n) is 10.5. The normalized spacial score (nSPS) is 24.2. The van der Waals surface area contributed by atoms with Crippen molar-refractivity contribution in [2.75, 3.05) is 18.4 Å². The van der Waals surface area contributed by atoms with E-state index in [4.69, 9.17) is 0 Å². The summed E-state index contributed by atoms with van der Waals surface area (Å²) < 4.78 is 26.5. The van der Waals surface area contributed by atoms with Gasteiger partial charge in [0, 0.05) is 5.92 Å². The van der Waals surface area contributed by atoms with E-state index in [0.717, 1.165) is 38.4 Å². The Morgan fingerprint density at radius 2 is 2.05 bits per heavy atom. The molecule has 102 valence electrons. The highest BCUT2D eigenvalue weighted by molar-refractivity contribution is 5.95. The number of anilines is 1. The first-order valence-corrected chi connectivity index (χ1v) is 6.58. The van der Waals surface area contributed by atoms with Crippen molar-refractivity contribution in [2.45, 2.75) is 19.3 Å². The van der Waals surface area contributed by atoms with Crippen LogP contribution >= 0.6 is 0 Å². The number of halogens is 2. The second kappa shape index (κ2) is 4.56. The number of hydrogen-bond donors (Lipinski definition) is 2. The molecule has 1 spiro atoms. The van der Waals surface area contributed by atoms with Gasteiger partial charge in [-0.25, -0.2) is 8.78 Å². The van der Waals surface area contributed by atoms with Crippen molar-refractivity contribution in [3.8, 4) is 0 Å². The van der Waals surface area contributed by atoms with Crippen LogP contribution in [0.1, 0.15) is 19.3 Å². The molecule has 3 rings (SSSR count). The Balaban J connectivity index is 1.68. The van der Waals surface area contributed by atoms with Crippen LogP contribution in [0.5, 0.6) is 0 Å². The average Bonchev–Trinajstić information content (AvgIpc) is 3.09. The second-order valence-corrected chi connectivity index (χ2v) is 5.46. The molecule has 2 aliphatic rings. The molecule has 2 fully saturated rings. The maximum absolute atomic E-state index is 13.5. The third kappa shape index (κ3) is 2.23. The zero-order valence-corrected chi connectivity index (χ0v) is 10.5. The summed E-state index contributed by atoms with van der Waals surface area (Å²) in [6.07, 6.45) is 2.82. The molecule has 19 heavy (non-hydrogen) atoms. The minimum Gasteiger partial charge on any atom is -0.323 e. The molecule has 1 amide bonds. The number of nitrogens with one attached hydrogen (secondary N) is 2. The van der Waals surface area contributed by atoms with E-state index in [0.29, 0.717) is 0 Å². The van der Waals surface area contributed by atoms with Crippen LogP contribution in [-0.2, 0) is 4.79 Å². The van der Waals surface area contributed by atoms with Gasteiger partial charge in [-0.15, -0.1) is 0 Å². The SMILES string of the molecule is O=C(Nc1cccc(F)c1F)C1CC12CCNCC2. The van der Waals surface area contributed by atoms with Gasteiger partial charge in [0.1, 0.15) is 0 Å². The molecule has 0 bridgehead atoms. The largest absolute Gasteiger partial charge is 0.323 e. The molecule has 1 saturated heterocycles. The lowest BCUT2D eigenvalue weighted by Gasteiger charge is -2.23. The summed E-state index contributed by atoms with van der Waals surface area (Å²) in [5.74, 6) is -2.18. The van der Waals surface area contributed by atoms with Gasteiger partial charge < -0.3 is 10.6 Å². The van der Waals surface area contributed by atoms with Gasteiger partial charge in [0.05, 0.1) is 5.69 Å². The van der Waals surface area contributed by atoms with E-state index in [1.54, 1.807) is 0 Å². The summed E-state index contributed by atoms with van der Waals surface area (Å²) in [5.41, 5.74) is 0.0278. The number of rotatable bonds is 2. The summed E-state index contributed by atoms with van der Waals surface area (Å²) in [6, 6.07) is 3.81. The standard InChI is InChI=1S/C14H16F2N2O/c15-10-2-1-3-11(12(10)16)18-13(19)9-8-14(9)4-6-17-7-5-14/h1-3,9,17H,4-8H2,(H,18,19). The Kier molecular flexibility index (Phi) is 3.01. The minimum absolute atomic E-state index is 0.0581. The molecule has 1 aromatic rings. The maximum atomic E-state index is 13.5. The minimum atomic E-state index is -0.990. The van der Waals surface area contributed by atoms with Crippen molar-refractivity contribution in [3.63, 3.8) is 0 Å². The van der Waals surface area contributed by atoms with Crippen LogP contribution in [0.4, 0.5) is 14.5 Å². The lowest BCUT2D eigenvalue weighted by Crippen LogP contribution is -2.31. The third-order valence-electron chi connectivity index (χ3n) is 4.32. The van der Waals surface area contributed by atoms with Crippen LogP contribution in [-0.4, -0.2) is 19.0 Å². The van der Waals surface area contributed by atoms with Gasteiger partial charge in [-0.3, -0.25) is 4.79 Å². The number of hydrogen-bond acceptors (Lipinski definition) is 2. The van der Waals surface area contributed by atoms with Gasteiger partial charge in [0.2, 0.25) is 5.91 Å². The highest BCUT2D eigenvalue weighted by Crippen LogP contribution is 2.58. The second-order valence-electron chi connectivity index (χ2n) is 5.46. The van der Waals surface area contributed by atoms with Crippen molar-refractivity contribution in [3.05, 3.63) is 29.8 Å². The van der Waals surface area contributed by atoms with Crippen LogP contribution in [0, 0.1) is 23.0 Å². The molecular weight excluding hydrogens is 250 g/mol. The molecule has 1 saturated carbocycles. The Bertz CT molecular complexity index is 512. The molecule has 0 aromatic heterocycles. The molecule has 1 atom stereocenters. The predicted molar refractivity (Wildman–Crippen MR) is 67.6 cm³/mol. The summed E-state index contributed by atoms with van der Waals surface area (Å²) in [4.78, 5) is 12.1. The monoisotopic (exact) mass is 266 g/mol. The molecule has 1 aliphatic carbocycles. The first-order valence-electron chi connectivity index (χ1n) is 6.58. The van der Waals surface area contributed by atoms with Gasteiger partial charge in [0.15, 0.2) is 11.6 Å². The van der Waals surface area contributed by atoms with Crippen LogP contribution in [0.15, 0.2) is 18.2 Å². The van der Waals surface area contributed by atoms with Crippen molar-refractivity contribution in [1.82, 2.24) is 5.32 Å². The first kappa shape index (κ1) is 12.5. The Morgan fingerprint density at radius 3 is 2.79 bits per heavy atom. The first-order chi connectivity index (χ1) is 9.12. The van der Waals surface area contributed by atoms with Crippen molar-refractivity contribution in [2.24, 2.45) is 11.3 Å². The summed E-state index contributed by atoms with van der Waals surface area (Å²) in [5, 5.41) is 5.78. The Hall–Kier alpha value is -1.49. The van der Waals surface area contributed by atoms with Gasteiger partial charge in [-0.1, -0.05) is 6.07 Å². The number of carbonyl (C=O) groups excluding carboxylic acids is 1. The number of carbonyl (C=O) groups is 1. The van der Waals surface area contributed by atoms with E-state index >= 15 is 0 Å². The number of benzene rings is 1. The van der Waals surface area contributed by atoms with Crippen molar-refractivity contribution < 1.29 is 13.6 Å². The molecule has 1 heterocycles. The Morgan fingerprint density at radius 1 is 1.32 bits per heavy atom. The topological polar surface area (TPSA) is 41.1 Å². The summed E-state index contributed by atoms with van der Waals surface area (Å²) >= 11 is 0. The lowest BCUT2D eigenvalue weighted by molar-refractivity contribution is -0.118. The van der Waals surface area contributed by atoms with E-state index in [2.05, 4.69) is 10.6 Å². The Labute approximate surface area is 110 Å². The van der Waals surface area contributed by atoms with E-state index in [9.17, 15) is 13.6 Å². The molecular formula is C14H16F2N2O. The van der Waals surface area contributed by atoms with E-state index in [-0.39, 0.29) is 22.9 Å². The molecule has 2 N–H and O–H groups in total. The number of piperidine rings is 1. The van der Waals surface area contributed by atoms with Crippen LogP contribution < -0.4 is 10.6 Å². The summed E-state index contributed by atoms with van der Waals surface area (Å²) in [7, 11) is 0. The van der Waals surface area contributed by atoms with Gasteiger partial charge in [-0.05, 0) is 49.9 Å². The average molecular weight is 266 g/mol. The predicted octanol–water partition coefficient (Wildman–Crippen LogP) is 2.29. The van der Waals surface area contributed by atoms with Crippen LogP contribution in [0.3, 0.4) is 0 Å². The molecule has 5 heteroatoms. The van der Waals surface area contributed by atoms with E-state index in [1.165, 1.54) is 12.1 Å². The number of amides is 1. The van der Waals surface area contributed by atoms with Crippen molar-refractivity contribution in [1.29, 1.82) is 0 Å². The summed E-state index contributed by atoms with van der Waals surface area (Å²) in [6.45, 7) is 1.86. The van der Waals surface area contributed by atoms with Crippen LogP contribution in [0.25, 0.3) is 0 Å². The maximum Gasteiger partial charge on any atom is 0.228 e. The van der Waals surface area contributed by atoms with Crippen LogP contribution in [0.2, 0.25) is 0 Å². The highest BCUT2D eigenvalue weighted by Gasteiger charge is 2.57. The highest BCUT2D eigenvalue weighted by atomic mass is 19.2. The fourth-order valence-corrected chi connectivity index (χ4v) is 3.02.